The van der Waals surface area contributed by atoms with Crippen molar-refractivity contribution in [1.29, 1.82) is 0 Å². The zero-order valence-corrected chi connectivity index (χ0v) is 17.5. The summed E-state index contributed by atoms with van der Waals surface area (Å²) in [5, 5.41) is 10.9. The van der Waals surface area contributed by atoms with Gasteiger partial charge >= 0.3 is 0 Å². The molecule has 5 nitrogen and oxygen atoms in total. The standard InChI is InChI=1S/C22H29N5S/c1-27(2)21-11-12-24-22(26-21)25-18-9-7-16(8-10-18)13-23-14-17-15-28-20-6-4-3-5-19(17)20/h3-6,11-12,15-16,18,23H,7-10,13-14H2,1-2H3,(H,24,25,26)/t16-,18+. The molecule has 0 amide bonds. The maximum absolute atomic E-state index is 4.58. The highest BCUT2D eigenvalue weighted by Gasteiger charge is 2.21. The summed E-state index contributed by atoms with van der Waals surface area (Å²) in [5.74, 6) is 2.45. The lowest BCUT2D eigenvalue weighted by atomic mass is 9.86. The largest absolute Gasteiger partial charge is 0.363 e. The number of nitrogens with zero attached hydrogens (tertiary/aromatic N) is 3. The highest BCUT2D eigenvalue weighted by Crippen LogP contribution is 2.27. The molecule has 28 heavy (non-hydrogen) atoms. The number of thiophene rings is 1. The smallest absolute Gasteiger partial charge is 0.224 e. The molecule has 0 radical (unpaired) electrons. The van der Waals surface area contributed by atoms with Gasteiger partial charge in [0.1, 0.15) is 5.82 Å². The summed E-state index contributed by atoms with van der Waals surface area (Å²) in [6.45, 7) is 2.07. The van der Waals surface area contributed by atoms with E-state index in [-0.39, 0.29) is 0 Å². The van der Waals surface area contributed by atoms with E-state index in [0.29, 0.717) is 6.04 Å². The van der Waals surface area contributed by atoms with E-state index in [1.54, 1.807) is 0 Å². The Labute approximate surface area is 171 Å². The quantitative estimate of drug-likeness (QED) is 0.616. The molecule has 2 N–H and O–H groups in total. The summed E-state index contributed by atoms with van der Waals surface area (Å²) in [7, 11) is 4.01. The van der Waals surface area contributed by atoms with Gasteiger partial charge in [-0.2, -0.15) is 4.98 Å². The van der Waals surface area contributed by atoms with Crippen LogP contribution in [-0.2, 0) is 6.54 Å². The van der Waals surface area contributed by atoms with E-state index in [1.807, 2.05) is 42.6 Å². The summed E-state index contributed by atoms with van der Waals surface area (Å²) in [6.07, 6.45) is 6.70. The first-order valence-corrected chi connectivity index (χ1v) is 11.0. The van der Waals surface area contributed by atoms with Gasteiger partial charge in [0.15, 0.2) is 0 Å². The zero-order chi connectivity index (χ0) is 19.3. The molecule has 0 unspecified atom stereocenters. The highest BCUT2D eigenvalue weighted by atomic mass is 32.1. The SMILES string of the molecule is CN(C)c1ccnc(N[C@H]2CC[C@@H](CNCc3csc4ccccc34)CC2)n1. The molecule has 4 rings (SSSR count). The average Bonchev–Trinajstić information content (AvgIpc) is 3.13. The fourth-order valence-electron chi connectivity index (χ4n) is 3.94. The van der Waals surface area contributed by atoms with E-state index in [2.05, 4.69) is 50.2 Å². The first-order chi connectivity index (χ1) is 13.7. The van der Waals surface area contributed by atoms with Crippen molar-refractivity contribution in [3.63, 3.8) is 0 Å². The monoisotopic (exact) mass is 395 g/mol. The highest BCUT2D eigenvalue weighted by molar-refractivity contribution is 7.17. The van der Waals surface area contributed by atoms with Crippen molar-refractivity contribution in [2.75, 3.05) is 30.9 Å². The Kier molecular flexibility index (Phi) is 6.07. The third-order valence-electron chi connectivity index (χ3n) is 5.59. The van der Waals surface area contributed by atoms with Crippen LogP contribution in [0.15, 0.2) is 41.9 Å². The van der Waals surface area contributed by atoms with E-state index in [4.69, 9.17) is 0 Å². The fourth-order valence-corrected chi connectivity index (χ4v) is 4.90. The van der Waals surface area contributed by atoms with Crippen molar-refractivity contribution in [3.05, 3.63) is 47.5 Å². The minimum atomic E-state index is 0.481. The summed E-state index contributed by atoms with van der Waals surface area (Å²) < 4.78 is 1.38. The molecule has 6 heteroatoms. The van der Waals surface area contributed by atoms with Crippen LogP contribution in [0.25, 0.3) is 10.1 Å². The number of nitrogens with one attached hydrogen (secondary N) is 2. The lowest BCUT2D eigenvalue weighted by molar-refractivity contribution is 0.324. The molecular weight excluding hydrogens is 366 g/mol. The van der Waals surface area contributed by atoms with Crippen LogP contribution in [0.2, 0.25) is 0 Å². The van der Waals surface area contributed by atoms with Gasteiger partial charge in [0.25, 0.3) is 0 Å². The minimum Gasteiger partial charge on any atom is -0.363 e. The fraction of sp³-hybridized carbons (Fsp3) is 0.455. The van der Waals surface area contributed by atoms with E-state index < -0.39 is 0 Å². The Hall–Kier alpha value is -2.18. The molecule has 148 valence electrons. The molecular formula is C22H29N5S. The molecule has 0 spiro atoms. The molecule has 0 bridgehead atoms. The van der Waals surface area contributed by atoms with Gasteiger partial charge in [0, 0.05) is 37.6 Å². The van der Waals surface area contributed by atoms with Crippen molar-refractivity contribution in [2.24, 2.45) is 5.92 Å². The van der Waals surface area contributed by atoms with Crippen molar-refractivity contribution in [2.45, 2.75) is 38.3 Å². The zero-order valence-electron chi connectivity index (χ0n) is 16.7. The van der Waals surface area contributed by atoms with Crippen LogP contribution in [0.5, 0.6) is 0 Å². The number of hydrogen-bond donors (Lipinski definition) is 2. The number of fused-ring (bicyclic) bond motifs is 1. The lowest BCUT2D eigenvalue weighted by Crippen LogP contribution is -2.31. The van der Waals surface area contributed by atoms with Gasteiger partial charge in [0.2, 0.25) is 5.95 Å². The summed E-state index contributed by atoms with van der Waals surface area (Å²) in [6, 6.07) is 11.1. The molecule has 2 aromatic heterocycles. The maximum atomic E-state index is 4.58. The minimum absolute atomic E-state index is 0.481. The Morgan fingerprint density at radius 2 is 1.93 bits per heavy atom. The molecule has 1 aliphatic rings. The van der Waals surface area contributed by atoms with Crippen LogP contribution >= 0.6 is 11.3 Å². The number of rotatable bonds is 7. The van der Waals surface area contributed by atoms with Crippen LogP contribution in [-0.4, -0.2) is 36.6 Å². The van der Waals surface area contributed by atoms with E-state index in [1.165, 1.54) is 41.3 Å². The first-order valence-electron chi connectivity index (χ1n) is 10.1. The molecule has 1 saturated carbocycles. The van der Waals surface area contributed by atoms with Crippen LogP contribution in [0, 0.1) is 5.92 Å². The van der Waals surface area contributed by atoms with Crippen LogP contribution in [0.1, 0.15) is 31.2 Å². The van der Waals surface area contributed by atoms with Gasteiger partial charge in [-0.25, -0.2) is 4.98 Å². The number of anilines is 2. The number of aromatic nitrogens is 2. The number of hydrogen-bond acceptors (Lipinski definition) is 6. The van der Waals surface area contributed by atoms with Crippen molar-refractivity contribution >= 4 is 33.2 Å². The Morgan fingerprint density at radius 3 is 2.75 bits per heavy atom. The van der Waals surface area contributed by atoms with E-state index >= 15 is 0 Å². The molecule has 3 aromatic rings. The van der Waals surface area contributed by atoms with Gasteiger partial charge in [0.05, 0.1) is 0 Å². The molecule has 2 heterocycles. The van der Waals surface area contributed by atoms with E-state index in [0.717, 1.165) is 30.8 Å². The molecule has 1 aromatic carbocycles. The molecule has 0 saturated heterocycles. The van der Waals surface area contributed by atoms with E-state index in [9.17, 15) is 0 Å². The Bertz CT molecular complexity index is 899. The van der Waals surface area contributed by atoms with Gasteiger partial charge < -0.3 is 15.5 Å². The topological polar surface area (TPSA) is 53.1 Å². The van der Waals surface area contributed by atoms with Gasteiger partial charge in [-0.1, -0.05) is 18.2 Å². The second-order valence-electron chi connectivity index (χ2n) is 7.88. The molecule has 0 atom stereocenters. The second kappa shape index (κ2) is 8.88. The third kappa shape index (κ3) is 4.62. The van der Waals surface area contributed by atoms with Gasteiger partial charge in [-0.15, -0.1) is 11.3 Å². The second-order valence-corrected chi connectivity index (χ2v) is 8.79. The molecule has 1 aliphatic carbocycles. The summed E-state index contributed by atoms with van der Waals surface area (Å²) in [4.78, 5) is 11.0. The lowest BCUT2D eigenvalue weighted by Gasteiger charge is -2.29. The first kappa shape index (κ1) is 19.2. The normalized spacial score (nSPS) is 19.6. The van der Waals surface area contributed by atoms with Crippen LogP contribution in [0.3, 0.4) is 0 Å². The Morgan fingerprint density at radius 1 is 1.11 bits per heavy atom. The van der Waals surface area contributed by atoms with Crippen LogP contribution < -0.4 is 15.5 Å². The summed E-state index contributed by atoms with van der Waals surface area (Å²) >= 11 is 1.84. The predicted octanol–water partition coefficient (Wildman–Crippen LogP) is 4.52. The predicted molar refractivity (Wildman–Crippen MR) is 119 cm³/mol. The third-order valence-corrected chi connectivity index (χ3v) is 6.60. The average molecular weight is 396 g/mol. The Balaban J connectivity index is 1.22. The van der Waals surface area contributed by atoms with Crippen molar-refractivity contribution < 1.29 is 0 Å². The van der Waals surface area contributed by atoms with Gasteiger partial charge in [-0.05, 0) is 66.6 Å². The van der Waals surface area contributed by atoms with Crippen molar-refractivity contribution in [1.82, 2.24) is 15.3 Å². The molecule has 1 fully saturated rings. The number of benzene rings is 1. The van der Waals surface area contributed by atoms with Crippen molar-refractivity contribution in [3.8, 4) is 0 Å². The van der Waals surface area contributed by atoms with Crippen LogP contribution in [0.4, 0.5) is 11.8 Å². The maximum Gasteiger partial charge on any atom is 0.224 e. The summed E-state index contributed by atoms with van der Waals surface area (Å²) in [5.41, 5.74) is 1.42. The molecule has 0 aliphatic heterocycles. The van der Waals surface area contributed by atoms with Gasteiger partial charge in [-0.3, -0.25) is 0 Å².